The fourth-order valence-corrected chi connectivity index (χ4v) is 2.69. The Labute approximate surface area is 179 Å². The minimum atomic E-state index is -0.421. The van der Waals surface area contributed by atoms with E-state index in [0.717, 1.165) is 11.1 Å². The lowest BCUT2D eigenvalue weighted by Crippen LogP contribution is -2.24. The summed E-state index contributed by atoms with van der Waals surface area (Å²) in [5.41, 5.74) is 4.46. The molecule has 3 aromatic carbocycles. The Morgan fingerprint density at radius 3 is 2.43 bits per heavy atom. The quantitative estimate of drug-likeness (QED) is 0.265. The van der Waals surface area contributed by atoms with E-state index >= 15 is 0 Å². The van der Waals surface area contributed by atoms with E-state index in [1.54, 1.807) is 60.7 Å². The van der Waals surface area contributed by atoms with Gasteiger partial charge in [-0.05, 0) is 60.5 Å². The monoisotopic (exact) mass is 422 g/mol. The van der Waals surface area contributed by atoms with Crippen molar-refractivity contribution in [3.05, 3.63) is 94.5 Å². The van der Waals surface area contributed by atoms with Crippen LogP contribution in [0.4, 0.5) is 0 Å². The second-order valence-electron chi connectivity index (χ2n) is 6.29. The van der Waals surface area contributed by atoms with Gasteiger partial charge >= 0.3 is 5.97 Å². The summed E-state index contributed by atoms with van der Waals surface area (Å²) in [5.74, 6) is 0.00181. The molecule has 0 atom stereocenters. The van der Waals surface area contributed by atoms with Crippen molar-refractivity contribution in [1.29, 1.82) is 0 Å². The van der Waals surface area contributed by atoms with Gasteiger partial charge < -0.3 is 9.47 Å². The molecule has 0 aliphatic rings. The van der Waals surface area contributed by atoms with Crippen LogP contribution in [0.25, 0.3) is 0 Å². The first-order valence-electron chi connectivity index (χ1n) is 9.10. The van der Waals surface area contributed by atoms with E-state index in [9.17, 15) is 9.59 Å². The second-order valence-corrected chi connectivity index (χ2v) is 6.69. The van der Waals surface area contributed by atoms with Gasteiger partial charge in [0.2, 0.25) is 0 Å². The molecule has 0 saturated carbocycles. The smallest absolute Gasteiger partial charge is 0.343 e. The zero-order valence-electron chi connectivity index (χ0n) is 16.2. The van der Waals surface area contributed by atoms with Gasteiger partial charge in [-0.15, -0.1) is 0 Å². The average molecular weight is 423 g/mol. The molecular weight excluding hydrogens is 404 g/mol. The molecule has 0 saturated heterocycles. The van der Waals surface area contributed by atoms with Crippen molar-refractivity contribution in [3.8, 4) is 11.5 Å². The van der Waals surface area contributed by atoms with Gasteiger partial charge in [0.05, 0.1) is 16.8 Å². The summed E-state index contributed by atoms with van der Waals surface area (Å²) in [6.45, 7) is 1.64. The van der Waals surface area contributed by atoms with Gasteiger partial charge in [-0.3, -0.25) is 4.79 Å². The molecule has 0 fully saturated rings. The standard InChI is InChI=1S/C23H19ClN2O4/c1-16-6-2-3-7-19(16)23(28)30-18-12-10-17(11-13-18)14-25-26-22(27)15-29-21-9-5-4-8-20(21)24/h2-14H,15H2,1H3,(H,26,27)/b25-14+. The summed E-state index contributed by atoms with van der Waals surface area (Å²) in [6.07, 6.45) is 1.47. The first-order chi connectivity index (χ1) is 14.5. The molecule has 0 heterocycles. The first-order valence-corrected chi connectivity index (χ1v) is 9.48. The molecule has 0 aliphatic carbocycles. The lowest BCUT2D eigenvalue weighted by molar-refractivity contribution is -0.123. The fraction of sp³-hybridized carbons (Fsp3) is 0.0870. The van der Waals surface area contributed by atoms with Gasteiger partial charge in [0.25, 0.3) is 5.91 Å². The van der Waals surface area contributed by atoms with Crippen LogP contribution in [0.15, 0.2) is 77.9 Å². The van der Waals surface area contributed by atoms with Crippen LogP contribution < -0.4 is 14.9 Å². The predicted octanol–water partition coefficient (Wildman–Crippen LogP) is 4.40. The number of hydrogen-bond donors (Lipinski definition) is 1. The molecule has 0 bridgehead atoms. The SMILES string of the molecule is Cc1ccccc1C(=O)Oc1ccc(/C=N/NC(=O)COc2ccccc2Cl)cc1. The maximum Gasteiger partial charge on any atom is 0.343 e. The summed E-state index contributed by atoms with van der Waals surface area (Å²) in [6, 6.07) is 20.8. The molecule has 152 valence electrons. The van der Waals surface area contributed by atoms with Gasteiger partial charge in [-0.1, -0.05) is 41.9 Å². The van der Waals surface area contributed by atoms with E-state index in [1.165, 1.54) is 6.21 Å². The number of aryl methyl sites for hydroxylation is 1. The minimum absolute atomic E-state index is 0.213. The van der Waals surface area contributed by atoms with E-state index in [-0.39, 0.29) is 6.61 Å². The molecule has 3 rings (SSSR count). The number of para-hydroxylation sites is 1. The third-order valence-corrected chi connectivity index (χ3v) is 4.37. The van der Waals surface area contributed by atoms with Crippen LogP contribution in [-0.4, -0.2) is 24.7 Å². The summed E-state index contributed by atoms with van der Waals surface area (Å²) in [4.78, 5) is 24.0. The number of rotatable bonds is 7. The third-order valence-electron chi connectivity index (χ3n) is 4.05. The highest BCUT2D eigenvalue weighted by Gasteiger charge is 2.10. The van der Waals surface area contributed by atoms with Crippen molar-refractivity contribution in [2.45, 2.75) is 6.92 Å². The number of nitrogens with one attached hydrogen (secondary N) is 1. The van der Waals surface area contributed by atoms with Crippen LogP contribution in [0.3, 0.4) is 0 Å². The zero-order valence-corrected chi connectivity index (χ0v) is 16.9. The number of esters is 1. The van der Waals surface area contributed by atoms with Crippen molar-refractivity contribution in [1.82, 2.24) is 5.43 Å². The van der Waals surface area contributed by atoms with E-state index in [4.69, 9.17) is 21.1 Å². The summed E-state index contributed by atoms with van der Waals surface area (Å²) in [7, 11) is 0. The summed E-state index contributed by atoms with van der Waals surface area (Å²) in [5, 5.41) is 4.31. The van der Waals surface area contributed by atoms with E-state index in [0.29, 0.717) is 22.1 Å². The van der Waals surface area contributed by atoms with Crippen molar-refractivity contribution in [2.75, 3.05) is 6.61 Å². The molecule has 7 heteroatoms. The lowest BCUT2D eigenvalue weighted by Gasteiger charge is -2.07. The fourth-order valence-electron chi connectivity index (χ4n) is 2.50. The van der Waals surface area contributed by atoms with Crippen LogP contribution >= 0.6 is 11.6 Å². The Kier molecular flexibility index (Phi) is 7.19. The Hall–Kier alpha value is -3.64. The molecule has 0 aliphatic heterocycles. The van der Waals surface area contributed by atoms with Crippen LogP contribution in [0, 0.1) is 6.92 Å². The number of carbonyl (C=O) groups is 2. The van der Waals surface area contributed by atoms with Crippen molar-refractivity contribution in [2.24, 2.45) is 5.10 Å². The molecule has 1 amide bonds. The molecule has 30 heavy (non-hydrogen) atoms. The topological polar surface area (TPSA) is 77.0 Å². The molecule has 0 spiro atoms. The molecule has 0 aromatic heterocycles. The highest BCUT2D eigenvalue weighted by molar-refractivity contribution is 6.32. The van der Waals surface area contributed by atoms with Crippen molar-refractivity contribution >= 4 is 29.7 Å². The third kappa shape index (κ3) is 5.93. The maximum atomic E-state index is 12.2. The second kappa shape index (κ2) is 10.2. The normalized spacial score (nSPS) is 10.6. The van der Waals surface area contributed by atoms with Gasteiger partial charge in [0.1, 0.15) is 11.5 Å². The Morgan fingerprint density at radius 1 is 1.00 bits per heavy atom. The molecule has 0 radical (unpaired) electrons. The van der Waals surface area contributed by atoms with Crippen LogP contribution in [-0.2, 0) is 4.79 Å². The maximum absolute atomic E-state index is 12.2. The Bertz CT molecular complexity index is 1060. The number of hydrazone groups is 1. The van der Waals surface area contributed by atoms with Crippen LogP contribution in [0.1, 0.15) is 21.5 Å². The van der Waals surface area contributed by atoms with Crippen molar-refractivity contribution in [3.63, 3.8) is 0 Å². The first kappa shape index (κ1) is 21.1. The molecule has 6 nitrogen and oxygen atoms in total. The number of benzene rings is 3. The highest BCUT2D eigenvalue weighted by Crippen LogP contribution is 2.22. The van der Waals surface area contributed by atoms with Gasteiger partial charge in [0, 0.05) is 0 Å². The number of hydrogen-bond acceptors (Lipinski definition) is 5. The van der Waals surface area contributed by atoms with Crippen LogP contribution in [0.2, 0.25) is 5.02 Å². The van der Waals surface area contributed by atoms with Gasteiger partial charge in [-0.2, -0.15) is 5.10 Å². The Morgan fingerprint density at radius 2 is 1.70 bits per heavy atom. The summed E-state index contributed by atoms with van der Waals surface area (Å²) < 4.78 is 10.7. The average Bonchev–Trinajstić information content (AvgIpc) is 2.74. The number of carbonyl (C=O) groups excluding carboxylic acids is 2. The Balaban J connectivity index is 1.48. The van der Waals surface area contributed by atoms with E-state index < -0.39 is 11.9 Å². The molecule has 1 N–H and O–H groups in total. The predicted molar refractivity (Wildman–Crippen MR) is 115 cm³/mol. The van der Waals surface area contributed by atoms with E-state index in [2.05, 4.69) is 10.5 Å². The van der Waals surface area contributed by atoms with Gasteiger partial charge in [-0.25, -0.2) is 10.2 Å². The highest BCUT2D eigenvalue weighted by atomic mass is 35.5. The van der Waals surface area contributed by atoms with E-state index in [1.807, 2.05) is 19.1 Å². The lowest BCUT2D eigenvalue weighted by atomic mass is 10.1. The largest absolute Gasteiger partial charge is 0.482 e. The van der Waals surface area contributed by atoms with Crippen molar-refractivity contribution < 1.29 is 19.1 Å². The number of ether oxygens (including phenoxy) is 2. The summed E-state index contributed by atoms with van der Waals surface area (Å²) >= 11 is 5.96. The zero-order chi connectivity index (χ0) is 21.3. The molecule has 0 unspecified atom stereocenters. The minimum Gasteiger partial charge on any atom is -0.482 e. The van der Waals surface area contributed by atoms with Crippen LogP contribution in [0.5, 0.6) is 11.5 Å². The number of amides is 1. The van der Waals surface area contributed by atoms with Gasteiger partial charge in [0.15, 0.2) is 6.61 Å². The molecular formula is C23H19ClN2O4. The number of nitrogens with zero attached hydrogens (tertiary/aromatic N) is 1. The number of halogens is 1. The molecule has 3 aromatic rings.